The summed E-state index contributed by atoms with van der Waals surface area (Å²) in [5.41, 5.74) is 4.66. The maximum Gasteiger partial charge on any atom is 0.251 e. The normalized spacial score (nSPS) is 9.64. The molecule has 0 fully saturated rings. The third-order valence-corrected chi connectivity index (χ3v) is 1.51. The number of hydrogen-bond donors (Lipinski definition) is 1. The maximum atomic E-state index is 12.8. The lowest BCUT2D eigenvalue weighted by Gasteiger charge is -1.97. The number of amides is 1. The van der Waals surface area contributed by atoms with E-state index >= 15 is 0 Å². The molecule has 58 valence electrons. The predicted molar refractivity (Wildman–Crippen MR) is 39.9 cm³/mol. The van der Waals surface area contributed by atoms with E-state index in [2.05, 4.69) is 0 Å². The molecule has 0 spiro atoms. The summed E-state index contributed by atoms with van der Waals surface area (Å²) < 4.78 is 12.8. The molecular formula is C7H5ClFNO. The molecule has 0 aliphatic heterocycles. The Bertz CT molecular complexity index is 300. The van der Waals surface area contributed by atoms with Crippen molar-refractivity contribution in [1.29, 1.82) is 0 Å². The van der Waals surface area contributed by atoms with Crippen molar-refractivity contribution in [2.75, 3.05) is 0 Å². The van der Waals surface area contributed by atoms with Crippen LogP contribution in [0.15, 0.2) is 18.2 Å². The molecule has 0 atom stereocenters. The van der Waals surface area contributed by atoms with Crippen molar-refractivity contribution in [1.82, 2.24) is 0 Å². The van der Waals surface area contributed by atoms with Gasteiger partial charge in [0.1, 0.15) is 0 Å². The molecule has 1 rings (SSSR count). The number of carbonyl (C=O) groups excluding carboxylic acids is 1. The van der Waals surface area contributed by atoms with E-state index in [1.807, 2.05) is 0 Å². The fourth-order valence-corrected chi connectivity index (χ4v) is 0.869. The van der Waals surface area contributed by atoms with Gasteiger partial charge in [-0.05, 0) is 12.1 Å². The Morgan fingerprint density at radius 1 is 1.55 bits per heavy atom. The second-order valence-corrected chi connectivity index (χ2v) is 2.37. The summed E-state index contributed by atoms with van der Waals surface area (Å²) in [6, 6.07) is 4.10. The van der Waals surface area contributed by atoms with Gasteiger partial charge in [0, 0.05) is 0 Å². The molecule has 0 heterocycles. The highest BCUT2D eigenvalue weighted by molar-refractivity contribution is 6.31. The second kappa shape index (κ2) is 2.88. The summed E-state index contributed by atoms with van der Waals surface area (Å²) in [6.45, 7) is 0. The van der Waals surface area contributed by atoms with Crippen molar-refractivity contribution in [2.24, 2.45) is 5.73 Å². The van der Waals surface area contributed by atoms with Crippen LogP contribution in [0.25, 0.3) is 0 Å². The van der Waals surface area contributed by atoms with Crippen molar-refractivity contribution in [3.63, 3.8) is 0 Å². The van der Waals surface area contributed by atoms with E-state index in [4.69, 9.17) is 17.3 Å². The number of rotatable bonds is 1. The van der Waals surface area contributed by atoms with Gasteiger partial charge in [0.15, 0.2) is 5.82 Å². The van der Waals surface area contributed by atoms with Crippen molar-refractivity contribution in [3.8, 4) is 0 Å². The van der Waals surface area contributed by atoms with Crippen LogP contribution in [0.3, 0.4) is 0 Å². The molecular weight excluding hydrogens is 169 g/mol. The third kappa shape index (κ3) is 1.49. The van der Waals surface area contributed by atoms with E-state index in [0.717, 1.165) is 0 Å². The van der Waals surface area contributed by atoms with Gasteiger partial charge >= 0.3 is 0 Å². The van der Waals surface area contributed by atoms with Gasteiger partial charge in [0.2, 0.25) is 0 Å². The average molecular weight is 174 g/mol. The minimum atomic E-state index is -0.815. The van der Waals surface area contributed by atoms with Crippen molar-refractivity contribution < 1.29 is 9.18 Å². The molecule has 0 aliphatic carbocycles. The van der Waals surface area contributed by atoms with Crippen LogP contribution in [-0.2, 0) is 0 Å². The first-order chi connectivity index (χ1) is 5.13. The van der Waals surface area contributed by atoms with Crippen molar-refractivity contribution >= 4 is 17.5 Å². The minimum absolute atomic E-state index is 0.0960. The molecule has 2 N–H and O–H groups in total. The van der Waals surface area contributed by atoms with Gasteiger partial charge in [-0.1, -0.05) is 17.7 Å². The van der Waals surface area contributed by atoms with E-state index in [-0.39, 0.29) is 10.6 Å². The zero-order chi connectivity index (χ0) is 8.43. The topological polar surface area (TPSA) is 43.1 Å². The maximum absolute atomic E-state index is 12.8. The lowest BCUT2D eigenvalue weighted by molar-refractivity contribution is 0.0996. The van der Waals surface area contributed by atoms with Gasteiger partial charge in [0.25, 0.3) is 5.91 Å². The van der Waals surface area contributed by atoms with Crippen LogP contribution < -0.4 is 5.73 Å². The Morgan fingerprint density at radius 3 is 2.64 bits per heavy atom. The number of nitrogens with two attached hydrogens (primary N) is 1. The highest BCUT2D eigenvalue weighted by Crippen LogP contribution is 2.16. The molecule has 0 bridgehead atoms. The lowest BCUT2D eigenvalue weighted by Crippen LogP contribution is -2.12. The van der Waals surface area contributed by atoms with Crippen LogP contribution in [-0.4, -0.2) is 5.91 Å². The molecule has 0 unspecified atom stereocenters. The van der Waals surface area contributed by atoms with Crippen LogP contribution in [0.2, 0.25) is 5.02 Å². The molecule has 0 saturated heterocycles. The van der Waals surface area contributed by atoms with Crippen molar-refractivity contribution in [3.05, 3.63) is 34.6 Å². The largest absolute Gasteiger partial charge is 0.366 e. The Labute approximate surface area is 67.8 Å². The number of carbonyl (C=O) groups is 1. The summed E-state index contributed by atoms with van der Waals surface area (Å²) in [5, 5.41) is -0.0960. The van der Waals surface area contributed by atoms with Crippen LogP contribution in [0, 0.1) is 5.82 Å². The van der Waals surface area contributed by atoms with Gasteiger partial charge < -0.3 is 5.73 Å². The molecule has 0 saturated carbocycles. The zero-order valence-electron chi connectivity index (χ0n) is 5.47. The fourth-order valence-electron chi connectivity index (χ4n) is 0.694. The van der Waals surface area contributed by atoms with E-state index in [1.165, 1.54) is 18.2 Å². The molecule has 1 aromatic carbocycles. The first-order valence-electron chi connectivity index (χ1n) is 2.86. The molecule has 11 heavy (non-hydrogen) atoms. The molecule has 1 amide bonds. The highest BCUT2D eigenvalue weighted by Gasteiger charge is 2.09. The first kappa shape index (κ1) is 8.01. The van der Waals surface area contributed by atoms with Gasteiger partial charge in [-0.15, -0.1) is 0 Å². The van der Waals surface area contributed by atoms with Gasteiger partial charge in [0.05, 0.1) is 10.6 Å². The Balaban J connectivity index is 3.27. The van der Waals surface area contributed by atoms with E-state index in [1.54, 1.807) is 0 Å². The quantitative estimate of drug-likeness (QED) is 0.689. The number of primary amides is 1. The smallest absolute Gasteiger partial charge is 0.251 e. The van der Waals surface area contributed by atoms with Gasteiger partial charge in [-0.2, -0.15) is 0 Å². The van der Waals surface area contributed by atoms with Gasteiger partial charge in [-0.25, -0.2) is 4.39 Å². The van der Waals surface area contributed by atoms with E-state index in [0.29, 0.717) is 0 Å². The van der Waals surface area contributed by atoms with Crippen molar-refractivity contribution in [2.45, 2.75) is 0 Å². The summed E-state index contributed by atoms with van der Waals surface area (Å²) in [6.07, 6.45) is 0. The van der Waals surface area contributed by atoms with E-state index < -0.39 is 11.7 Å². The highest BCUT2D eigenvalue weighted by atomic mass is 35.5. The standard InChI is InChI=1S/C7H5ClFNO/c8-5-3-1-2-4(6(5)9)7(10)11/h1-3H,(H2,10,11). The zero-order valence-corrected chi connectivity index (χ0v) is 6.23. The number of benzene rings is 1. The van der Waals surface area contributed by atoms with Crippen LogP contribution in [0.4, 0.5) is 4.39 Å². The molecule has 0 aromatic heterocycles. The minimum Gasteiger partial charge on any atom is -0.366 e. The predicted octanol–water partition coefficient (Wildman–Crippen LogP) is 1.58. The Kier molecular flexibility index (Phi) is 2.10. The first-order valence-corrected chi connectivity index (χ1v) is 3.24. The fraction of sp³-hybridized carbons (Fsp3) is 0. The molecule has 2 nitrogen and oxygen atoms in total. The summed E-state index contributed by atoms with van der Waals surface area (Å²) in [5.74, 6) is -1.58. The van der Waals surface area contributed by atoms with Gasteiger partial charge in [-0.3, -0.25) is 4.79 Å². The summed E-state index contributed by atoms with van der Waals surface area (Å²) in [7, 11) is 0. The Hall–Kier alpha value is -1.09. The molecule has 0 radical (unpaired) electrons. The van der Waals surface area contributed by atoms with Crippen LogP contribution in [0.5, 0.6) is 0 Å². The lowest BCUT2D eigenvalue weighted by atomic mass is 10.2. The number of hydrogen-bond acceptors (Lipinski definition) is 1. The average Bonchev–Trinajstić information content (AvgIpc) is 1.94. The number of halogens is 2. The summed E-state index contributed by atoms with van der Waals surface area (Å²) >= 11 is 5.38. The molecule has 4 heteroatoms. The third-order valence-electron chi connectivity index (χ3n) is 1.22. The SMILES string of the molecule is NC(=O)c1cccc(Cl)c1F. The molecule has 0 aliphatic rings. The van der Waals surface area contributed by atoms with E-state index in [9.17, 15) is 9.18 Å². The monoisotopic (exact) mass is 173 g/mol. The summed E-state index contributed by atoms with van der Waals surface area (Å²) in [4.78, 5) is 10.5. The molecule has 1 aromatic rings. The van der Waals surface area contributed by atoms with Crippen LogP contribution in [0.1, 0.15) is 10.4 Å². The van der Waals surface area contributed by atoms with Crippen LogP contribution >= 0.6 is 11.6 Å². The second-order valence-electron chi connectivity index (χ2n) is 1.97. The Morgan fingerprint density at radius 2 is 2.18 bits per heavy atom.